The first-order chi connectivity index (χ1) is 15.1. The highest BCUT2D eigenvalue weighted by Crippen LogP contribution is 2.40. The first kappa shape index (κ1) is 20.5. The van der Waals surface area contributed by atoms with Crippen LogP contribution in [0.1, 0.15) is 61.3 Å². The highest BCUT2D eigenvalue weighted by Gasteiger charge is 2.33. The van der Waals surface area contributed by atoms with Gasteiger partial charge >= 0.3 is 0 Å². The fourth-order valence-corrected chi connectivity index (χ4v) is 5.20. The zero-order chi connectivity index (χ0) is 21.4. The van der Waals surface area contributed by atoms with Gasteiger partial charge in [-0.25, -0.2) is 4.98 Å². The largest absolute Gasteiger partial charge is 0.488 e. The minimum atomic E-state index is 0.253. The van der Waals surface area contributed by atoms with Crippen LogP contribution in [0.25, 0.3) is 11.0 Å². The second-order valence-electron chi connectivity index (χ2n) is 9.23. The summed E-state index contributed by atoms with van der Waals surface area (Å²) >= 11 is 0. The number of aryl methyl sites for hydroxylation is 1. The number of ether oxygens (including phenoxy) is 1. The maximum absolute atomic E-state index is 6.43. The number of pyridine rings is 1. The fraction of sp³-hybridized carbons (Fsp3) is 0.520. The lowest BCUT2D eigenvalue weighted by Gasteiger charge is -2.38. The molecule has 0 saturated carbocycles. The molecule has 0 aliphatic carbocycles. The van der Waals surface area contributed by atoms with E-state index in [1.165, 1.54) is 17.7 Å². The van der Waals surface area contributed by atoms with Crippen LogP contribution in [0.15, 0.2) is 36.5 Å². The predicted molar refractivity (Wildman–Crippen MR) is 123 cm³/mol. The van der Waals surface area contributed by atoms with Crippen LogP contribution in [0.3, 0.4) is 0 Å². The molecule has 31 heavy (non-hydrogen) atoms. The van der Waals surface area contributed by atoms with Crippen molar-refractivity contribution in [2.75, 3.05) is 27.2 Å². The van der Waals surface area contributed by atoms with E-state index in [4.69, 9.17) is 14.7 Å². The standard InChI is InChI=1S/C25H33N5O/c1-17-7-6-14-26-23(17)20-9-5-10-21(30(20)3)25-27-19-8-4-11-22(24(19)28-25)31-18-12-15-29(2)16-13-18/h4,6-8,11,14,18,20-21H,5,9-10,12-13,15-16H2,1-3H3,(H,27,28)/t20-,21+/m0/s1. The Morgan fingerprint density at radius 2 is 1.81 bits per heavy atom. The number of aromatic nitrogens is 3. The van der Waals surface area contributed by atoms with E-state index in [0.717, 1.165) is 61.4 Å². The highest BCUT2D eigenvalue weighted by atomic mass is 16.5. The smallest absolute Gasteiger partial charge is 0.145 e. The number of piperidine rings is 2. The van der Waals surface area contributed by atoms with Gasteiger partial charge in [0.05, 0.1) is 23.3 Å². The molecule has 0 bridgehead atoms. The maximum Gasteiger partial charge on any atom is 0.145 e. The Morgan fingerprint density at radius 1 is 1.00 bits per heavy atom. The van der Waals surface area contributed by atoms with E-state index < -0.39 is 0 Å². The zero-order valence-corrected chi connectivity index (χ0v) is 18.8. The van der Waals surface area contributed by atoms with Gasteiger partial charge in [0.25, 0.3) is 0 Å². The molecule has 3 aromatic rings. The number of fused-ring (bicyclic) bond motifs is 1. The van der Waals surface area contributed by atoms with Crippen LogP contribution >= 0.6 is 0 Å². The third-order valence-electron chi connectivity index (χ3n) is 7.08. The lowest BCUT2D eigenvalue weighted by atomic mass is 9.92. The Kier molecular flexibility index (Phi) is 5.67. The van der Waals surface area contributed by atoms with Crippen molar-refractivity contribution < 1.29 is 4.74 Å². The zero-order valence-electron chi connectivity index (χ0n) is 18.8. The topological polar surface area (TPSA) is 57.3 Å². The van der Waals surface area contributed by atoms with Gasteiger partial charge in [0.1, 0.15) is 23.2 Å². The van der Waals surface area contributed by atoms with Crippen molar-refractivity contribution >= 4 is 11.0 Å². The van der Waals surface area contributed by atoms with Crippen LogP contribution in [0.2, 0.25) is 0 Å². The van der Waals surface area contributed by atoms with Gasteiger partial charge in [-0.05, 0) is 76.9 Å². The summed E-state index contributed by atoms with van der Waals surface area (Å²) in [6.45, 7) is 4.35. The molecular weight excluding hydrogens is 386 g/mol. The van der Waals surface area contributed by atoms with Crippen molar-refractivity contribution in [1.82, 2.24) is 24.8 Å². The monoisotopic (exact) mass is 419 g/mol. The number of nitrogens with zero attached hydrogens (tertiary/aromatic N) is 4. The lowest BCUT2D eigenvalue weighted by molar-refractivity contribution is 0.106. The summed E-state index contributed by atoms with van der Waals surface area (Å²) in [4.78, 5) is 18.2. The Labute approximate surface area is 184 Å². The van der Waals surface area contributed by atoms with Crippen molar-refractivity contribution in [2.24, 2.45) is 0 Å². The molecule has 0 spiro atoms. The van der Waals surface area contributed by atoms with Gasteiger partial charge < -0.3 is 14.6 Å². The molecule has 2 aliphatic rings. The number of benzene rings is 1. The van der Waals surface area contributed by atoms with Crippen LogP contribution in [-0.2, 0) is 0 Å². The van der Waals surface area contributed by atoms with Crippen molar-refractivity contribution in [3.05, 3.63) is 53.6 Å². The summed E-state index contributed by atoms with van der Waals surface area (Å²) in [6.07, 6.45) is 7.75. The van der Waals surface area contributed by atoms with E-state index in [1.807, 2.05) is 12.3 Å². The van der Waals surface area contributed by atoms with Gasteiger partial charge in [0, 0.05) is 19.3 Å². The molecule has 164 valence electrons. The molecule has 0 amide bonds. The lowest BCUT2D eigenvalue weighted by Crippen LogP contribution is -2.35. The first-order valence-electron chi connectivity index (χ1n) is 11.6. The van der Waals surface area contributed by atoms with E-state index >= 15 is 0 Å². The number of para-hydroxylation sites is 1. The predicted octanol–water partition coefficient (Wildman–Crippen LogP) is 4.64. The molecule has 2 atom stereocenters. The second kappa shape index (κ2) is 8.60. The van der Waals surface area contributed by atoms with E-state index in [1.54, 1.807) is 0 Å². The van der Waals surface area contributed by atoms with E-state index in [-0.39, 0.29) is 12.1 Å². The molecule has 2 aromatic heterocycles. The van der Waals surface area contributed by atoms with Crippen LogP contribution in [0.5, 0.6) is 5.75 Å². The Balaban J connectivity index is 1.40. The summed E-state index contributed by atoms with van der Waals surface area (Å²) in [5, 5.41) is 0. The molecule has 1 N–H and O–H groups in total. The third kappa shape index (κ3) is 4.06. The summed E-state index contributed by atoms with van der Waals surface area (Å²) in [5.74, 6) is 1.97. The quantitative estimate of drug-likeness (QED) is 0.668. The van der Waals surface area contributed by atoms with Gasteiger partial charge in [0.2, 0.25) is 0 Å². The maximum atomic E-state index is 6.43. The number of likely N-dealkylation sites (tertiary alicyclic amines) is 2. The SMILES string of the molecule is Cc1cccnc1[C@@H]1CCC[C@H](c2nc3cccc(OC4CCN(C)CC4)c3[nH]2)N1C. The van der Waals surface area contributed by atoms with Crippen molar-refractivity contribution in [2.45, 2.75) is 57.2 Å². The van der Waals surface area contributed by atoms with Crippen LogP contribution < -0.4 is 4.74 Å². The normalized spacial score (nSPS) is 24.0. The fourth-order valence-electron chi connectivity index (χ4n) is 5.20. The number of H-pyrrole nitrogens is 1. The van der Waals surface area contributed by atoms with Crippen molar-refractivity contribution in [1.29, 1.82) is 0 Å². The number of hydrogen-bond donors (Lipinski definition) is 1. The molecule has 1 aromatic carbocycles. The highest BCUT2D eigenvalue weighted by molar-refractivity contribution is 5.81. The van der Waals surface area contributed by atoms with E-state index in [2.05, 4.69) is 60.1 Å². The summed E-state index contributed by atoms with van der Waals surface area (Å²) in [5.41, 5.74) is 4.47. The molecule has 2 saturated heterocycles. The average molecular weight is 420 g/mol. The molecule has 5 rings (SSSR count). The number of rotatable bonds is 4. The van der Waals surface area contributed by atoms with E-state index in [9.17, 15) is 0 Å². The van der Waals surface area contributed by atoms with Gasteiger partial charge in [-0.2, -0.15) is 0 Å². The molecule has 0 unspecified atom stereocenters. The summed E-state index contributed by atoms with van der Waals surface area (Å²) < 4.78 is 6.43. The first-order valence-corrected chi connectivity index (χ1v) is 11.6. The van der Waals surface area contributed by atoms with Crippen LogP contribution in [-0.4, -0.2) is 58.0 Å². The third-order valence-corrected chi connectivity index (χ3v) is 7.08. The van der Waals surface area contributed by atoms with Gasteiger partial charge in [-0.15, -0.1) is 0 Å². The van der Waals surface area contributed by atoms with Crippen LogP contribution in [0, 0.1) is 6.92 Å². The minimum absolute atomic E-state index is 0.253. The second-order valence-corrected chi connectivity index (χ2v) is 9.23. The Hall–Kier alpha value is -2.44. The number of nitrogens with one attached hydrogen (secondary N) is 1. The Morgan fingerprint density at radius 3 is 2.61 bits per heavy atom. The van der Waals surface area contributed by atoms with Crippen LogP contribution in [0.4, 0.5) is 0 Å². The summed E-state index contributed by atoms with van der Waals surface area (Å²) in [6, 6.07) is 11.0. The number of imidazole rings is 1. The van der Waals surface area contributed by atoms with Gasteiger partial charge in [0.15, 0.2) is 0 Å². The Bertz CT molecular complexity index is 1040. The molecule has 2 fully saturated rings. The molecule has 6 heteroatoms. The number of hydrogen-bond acceptors (Lipinski definition) is 5. The minimum Gasteiger partial charge on any atom is -0.488 e. The van der Waals surface area contributed by atoms with Gasteiger partial charge in [-0.3, -0.25) is 9.88 Å². The average Bonchev–Trinajstić information content (AvgIpc) is 3.21. The summed E-state index contributed by atoms with van der Waals surface area (Å²) in [7, 11) is 4.39. The molecule has 0 radical (unpaired) electrons. The number of aromatic amines is 1. The van der Waals surface area contributed by atoms with E-state index in [0.29, 0.717) is 6.04 Å². The molecular formula is C25H33N5O. The van der Waals surface area contributed by atoms with Crippen molar-refractivity contribution in [3.63, 3.8) is 0 Å². The molecule has 2 aliphatic heterocycles. The molecule has 6 nitrogen and oxygen atoms in total. The molecule has 4 heterocycles. The van der Waals surface area contributed by atoms with Gasteiger partial charge in [-0.1, -0.05) is 12.1 Å². The van der Waals surface area contributed by atoms with Crippen molar-refractivity contribution in [3.8, 4) is 5.75 Å².